The van der Waals surface area contributed by atoms with E-state index in [9.17, 15) is 14.4 Å². The molecule has 0 saturated carbocycles. The zero-order valence-corrected chi connectivity index (χ0v) is 50.8. The summed E-state index contributed by atoms with van der Waals surface area (Å²) in [7, 11) is 0. The van der Waals surface area contributed by atoms with Crippen molar-refractivity contribution in [2.45, 2.75) is 354 Å². The van der Waals surface area contributed by atoms with Gasteiger partial charge in [0.05, 0.1) is 0 Å². The fraction of sp³-hybridized carbons (Fsp3) is 0.814. The van der Waals surface area contributed by atoms with E-state index in [1.54, 1.807) is 0 Å². The van der Waals surface area contributed by atoms with Crippen molar-refractivity contribution in [1.82, 2.24) is 0 Å². The Labute approximate surface area is 472 Å². The molecule has 0 aliphatic rings. The fourth-order valence-electron chi connectivity index (χ4n) is 9.79. The first kappa shape index (κ1) is 73.1. The van der Waals surface area contributed by atoms with Crippen LogP contribution in [0.4, 0.5) is 0 Å². The summed E-state index contributed by atoms with van der Waals surface area (Å²) in [5.74, 6) is -0.864. The van der Waals surface area contributed by atoms with Gasteiger partial charge in [-0.1, -0.05) is 306 Å². The number of ether oxygens (including phenoxy) is 3. The van der Waals surface area contributed by atoms with Gasteiger partial charge in [0.1, 0.15) is 13.2 Å². The van der Waals surface area contributed by atoms with Crippen LogP contribution < -0.4 is 0 Å². The van der Waals surface area contributed by atoms with Crippen LogP contribution in [-0.2, 0) is 28.6 Å². The molecule has 0 spiro atoms. The van der Waals surface area contributed by atoms with Crippen LogP contribution in [0, 0.1) is 0 Å². The Morgan fingerprint density at radius 2 is 0.513 bits per heavy atom. The predicted molar refractivity (Wildman–Crippen MR) is 330 cm³/mol. The first-order valence-electron chi connectivity index (χ1n) is 33.3. The Bertz CT molecular complexity index is 1360. The fourth-order valence-corrected chi connectivity index (χ4v) is 9.79. The smallest absolute Gasteiger partial charge is 0.306 e. The van der Waals surface area contributed by atoms with E-state index in [1.807, 2.05) is 0 Å². The molecule has 0 heterocycles. The number of hydrogen-bond donors (Lipinski definition) is 0. The van der Waals surface area contributed by atoms with Gasteiger partial charge in [0.25, 0.3) is 0 Å². The van der Waals surface area contributed by atoms with Gasteiger partial charge in [-0.15, -0.1) is 0 Å². The van der Waals surface area contributed by atoms with E-state index in [4.69, 9.17) is 14.2 Å². The minimum absolute atomic E-state index is 0.0739. The molecule has 0 aromatic carbocycles. The molecule has 1 unspecified atom stereocenters. The molecule has 0 aromatic heterocycles. The number of allylic oxidation sites excluding steroid dienone is 10. The highest BCUT2D eigenvalue weighted by Gasteiger charge is 2.19. The third-order valence-corrected chi connectivity index (χ3v) is 14.8. The van der Waals surface area contributed by atoms with Gasteiger partial charge >= 0.3 is 17.9 Å². The molecule has 6 nitrogen and oxygen atoms in total. The van der Waals surface area contributed by atoms with Gasteiger partial charge in [0.15, 0.2) is 6.10 Å². The Balaban J connectivity index is 4.25. The number of unbranched alkanes of at least 4 members (excludes halogenated alkanes) is 40. The Kier molecular flexibility index (Phi) is 62.2. The summed E-state index contributed by atoms with van der Waals surface area (Å²) in [6, 6.07) is 0. The lowest BCUT2D eigenvalue weighted by molar-refractivity contribution is -0.167. The van der Waals surface area contributed by atoms with Gasteiger partial charge in [0, 0.05) is 19.3 Å². The van der Waals surface area contributed by atoms with Crippen LogP contribution in [0.1, 0.15) is 348 Å². The van der Waals surface area contributed by atoms with E-state index < -0.39 is 6.10 Å². The summed E-state index contributed by atoms with van der Waals surface area (Å²) in [6.07, 6.45) is 82.4. The zero-order chi connectivity index (χ0) is 55.0. The summed E-state index contributed by atoms with van der Waals surface area (Å²) in [4.78, 5) is 38.3. The molecular weight excluding hydrogens is 937 g/mol. The van der Waals surface area contributed by atoms with Crippen molar-refractivity contribution >= 4 is 17.9 Å². The second kappa shape index (κ2) is 64.6. The van der Waals surface area contributed by atoms with E-state index in [0.29, 0.717) is 19.3 Å². The van der Waals surface area contributed by atoms with Gasteiger partial charge in [-0.05, 0) is 83.5 Å². The molecule has 0 rings (SSSR count). The quantitative estimate of drug-likeness (QED) is 0.0261. The van der Waals surface area contributed by atoms with Gasteiger partial charge in [-0.2, -0.15) is 0 Å². The number of carbonyl (C=O) groups is 3. The summed E-state index contributed by atoms with van der Waals surface area (Å²) in [5.41, 5.74) is 0. The number of esters is 3. The standard InChI is InChI=1S/C70H126O6/c1-4-7-10-13-16-19-22-25-27-29-31-33-34-35-36-38-39-41-43-45-48-51-54-57-60-63-69(72)75-66-67(65-74-68(71)62-59-56-53-50-47-24-21-18-15-12-9-6-3)76-70(73)64-61-58-55-52-49-46-44-42-40-37-32-30-28-26-23-20-17-14-11-8-5-2/h7,10,16,18-19,21,25,27,31,33,67H,4-6,8-9,11-15,17,20,22-24,26,28-30,32,34-66H2,1-3H3/b10-7-,19-16-,21-18-,27-25-,33-31-. The van der Waals surface area contributed by atoms with Crippen LogP contribution >= 0.6 is 0 Å². The van der Waals surface area contributed by atoms with Crippen molar-refractivity contribution < 1.29 is 28.6 Å². The van der Waals surface area contributed by atoms with E-state index in [-0.39, 0.29) is 31.1 Å². The van der Waals surface area contributed by atoms with Crippen LogP contribution in [0.5, 0.6) is 0 Å². The van der Waals surface area contributed by atoms with E-state index in [0.717, 1.165) is 89.9 Å². The summed E-state index contributed by atoms with van der Waals surface area (Å²) >= 11 is 0. The Morgan fingerprint density at radius 3 is 0.842 bits per heavy atom. The summed E-state index contributed by atoms with van der Waals surface area (Å²) in [6.45, 7) is 6.55. The first-order valence-corrected chi connectivity index (χ1v) is 33.3. The molecule has 0 amide bonds. The first-order chi connectivity index (χ1) is 37.5. The van der Waals surface area contributed by atoms with Crippen molar-refractivity contribution in [3.05, 3.63) is 60.8 Å². The molecule has 6 heteroatoms. The SMILES string of the molecule is CC/C=C\C/C=C\C/C=C\C/C=C\CCCCCCCCCCCCCCC(=O)OCC(COC(=O)CCCCCCC/C=C\CCCCC)OC(=O)CCCCCCCCCCCCCCCCCCCCCCC. The second-order valence-electron chi connectivity index (χ2n) is 22.4. The highest BCUT2D eigenvalue weighted by Crippen LogP contribution is 2.18. The highest BCUT2D eigenvalue weighted by molar-refractivity contribution is 5.71. The molecule has 0 aromatic rings. The van der Waals surface area contributed by atoms with Crippen molar-refractivity contribution in [1.29, 1.82) is 0 Å². The summed E-state index contributed by atoms with van der Waals surface area (Å²) in [5, 5.41) is 0. The molecule has 0 aliphatic heterocycles. The number of rotatable bonds is 61. The highest BCUT2D eigenvalue weighted by atomic mass is 16.6. The lowest BCUT2D eigenvalue weighted by Gasteiger charge is -2.18. The summed E-state index contributed by atoms with van der Waals surface area (Å²) < 4.78 is 16.9. The number of carbonyl (C=O) groups excluding carboxylic acids is 3. The third-order valence-electron chi connectivity index (χ3n) is 14.8. The van der Waals surface area contributed by atoms with Crippen LogP contribution in [0.2, 0.25) is 0 Å². The molecule has 0 N–H and O–H groups in total. The van der Waals surface area contributed by atoms with Gasteiger partial charge in [-0.25, -0.2) is 0 Å². The number of hydrogen-bond acceptors (Lipinski definition) is 6. The van der Waals surface area contributed by atoms with Gasteiger partial charge in [0.2, 0.25) is 0 Å². The molecule has 0 saturated heterocycles. The molecule has 76 heavy (non-hydrogen) atoms. The van der Waals surface area contributed by atoms with Crippen LogP contribution in [0.3, 0.4) is 0 Å². The van der Waals surface area contributed by atoms with Crippen molar-refractivity contribution in [3.8, 4) is 0 Å². The van der Waals surface area contributed by atoms with Gasteiger partial charge in [-0.3, -0.25) is 14.4 Å². The predicted octanol–water partition coefficient (Wildman–Crippen LogP) is 22.7. The molecule has 0 radical (unpaired) electrons. The largest absolute Gasteiger partial charge is 0.462 e. The monoisotopic (exact) mass is 1060 g/mol. The van der Waals surface area contributed by atoms with E-state index in [2.05, 4.69) is 81.5 Å². The normalized spacial score (nSPS) is 12.4. The van der Waals surface area contributed by atoms with Crippen LogP contribution in [-0.4, -0.2) is 37.2 Å². The second-order valence-corrected chi connectivity index (χ2v) is 22.4. The van der Waals surface area contributed by atoms with E-state index >= 15 is 0 Å². The Morgan fingerprint density at radius 1 is 0.276 bits per heavy atom. The van der Waals surface area contributed by atoms with Crippen LogP contribution in [0.25, 0.3) is 0 Å². The van der Waals surface area contributed by atoms with Crippen molar-refractivity contribution in [2.75, 3.05) is 13.2 Å². The minimum atomic E-state index is -0.776. The molecular formula is C70H126O6. The maximum Gasteiger partial charge on any atom is 0.306 e. The molecule has 0 fully saturated rings. The molecule has 0 bridgehead atoms. The molecule has 1 atom stereocenters. The van der Waals surface area contributed by atoms with E-state index in [1.165, 1.54) is 218 Å². The third kappa shape index (κ3) is 62.0. The van der Waals surface area contributed by atoms with Crippen LogP contribution in [0.15, 0.2) is 60.8 Å². The molecule has 442 valence electrons. The van der Waals surface area contributed by atoms with Crippen molar-refractivity contribution in [3.63, 3.8) is 0 Å². The maximum atomic E-state index is 12.9. The lowest BCUT2D eigenvalue weighted by Crippen LogP contribution is -2.30. The topological polar surface area (TPSA) is 78.9 Å². The average molecular weight is 1060 g/mol. The minimum Gasteiger partial charge on any atom is -0.462 e. The zero-order valence-electron chi connectivity index (χ0n) is 50.8. The Hall–Kier alpha value is -2.89. The maximum absolute atomic E-state index is 12.9. The molecule has 0 aliphatic carbocycles. The lowest BCUT2D eigenvalue weighted by atomic mass is 10.0. The average Bonchev–Trinajstić information content (AvgIpc) is 3.42. The van der Waals surface area contributed by atoms with Gasteiger partial charge < -0.3 is 14.2 Å². The van der Waals surface area contributed by atoms with Crippen molar-refractivity contribution in [2.24, 2.45) is 0 Å².